The van der Waals surface area contributed by atoms with Crippen LogP contribution in [-0.2, 0) is 16.0 Å². The van der Waals surface area contributed by atoms with Crippen LogP contribution in [0.5, 0.6) is 17.2 Å². The van der Waals surface area contributed by atoms with E-state index in [4.69, 9.17) is 14.2 Å². The van der Waals surface area contributed by atoms with Crippen LogP contribution in [0.4, 0.5) is 5.69 Å². The largest absolute Gasteiger partial charge is 0.497 e. The Hall–Kier alpha value is -3.22. The highest BCUT2D eigenvalue weighted by Crippen LogP contribution is 2.33. The minimum absolute atomic E-state index is 0.0299. The summed E-state index contributed by atoms with van der Waals surface area (Å²) in [7, 11) is 4.74. The van der Waals surface area contributed by atoms with Gasteiger partial charge in [-0.05, 0) is 36.2 Å². The number of methoxy groups -OCH3 is 3. The number of aryl methyl sites for hydroxylation is 1. The monoisotopic (exact) mass is 398 g/mol. The van der Waals surface area contributed by atoms with Gasteiger partial charge in [0, 0.05) is 31.1 Å². The molecule has 29 heavy (non-hydrogen) atoms. The second-order valence-corrected chi connectivity index (χ2v) is 6.86. The normalized spacial score (nSPS) is 15.9. The zero-order valence-corrected chi connectivity index (χ0v) is 16.9. The van der Waals surface area contributed by atoms with E-state index in [0.717, 1.165) is 17.0 Å². The van der Waals surface area contributed by atoms with Gasteiger partial charge in [0.1, 0.15) is 5.75 Å². The Kier molecular flexibility index (Phi) is 6.59. The molecule has 2 aromatic carbocycles. The quantitative estimate of drug-likeness (QED) is 0.740. The Morgan fingerprint density at radius 1 is 1.03 bits per heavy atom. The van der Waals surface area contributed by atoms with Gasteiger partial charge >= 0.3 is 0 Å². The van der Waals surface area contributed by atoms with Gasteiger partial charge in [-0.15, -0.1) is 0 Å². The molecule has 0 radical (unpaired) electrons. The van der Waals surface area contributed by atoms with Gasteiger partial charge in [0.15, 0.2) is 11.5 Å². The summed E-state index contributed by atoms with van der Waals surface area (Å²) in [5.74, 6) is 1.86. The lowest BCUT2D eigenvalue weighted by Crippen LogP contribution is -2.37. The Bertz CT molecular complexity index is 866. The van der Waals surface area contributed by atoms with Crippen molar-refractivity contribution in [2.45, 2.75) is 25.3 Å². The van der Waals surface area contributed by atoms with Gasteiger partial charge in [-0.1, -0.05) is 12.1 Å². The van der Waals surface area contributed by atoms with Gasteiger partial charge in [-0.3, -0.25) is 9.59 Å². The van der Waals surface area contributed by atoms with Crippen LogP contribution in [0, 0.1) is 0 Å². The molecule has 7 heteroatoms. The summed E-state index contributed by atoms with van der Waals surface area (Å²) in [6, 6.07) is 12.8. The molecule has 0 aliphatic carbocycles. The number of benzene rings is 2. The molecule has 0 saturated carbocycles. The predicted octanol–water partition coefficient (Wildman–Crippen LogP) is 2.57. The number of hydrogen-bond acceptors (Lipinski definition) is 5. The molecule has 2 amide bonds. The van der Waals surface area contributed by atoms with E-state index in [1.807, 2.05) is 30.3 Å². The van der Waals surface area contributed by atoms with Crippen LogP contribution in [0.25, 0.3) is 0 Å². The second kappa shape index (κ2) is 9.32. The molecule has 7 nitrogen and oxygen atoms in total. The van der Waals surface area contributed by atoms with E-state index in [9.17, 15) is 9.59 Å². The van der Waals surface area contributed by atoms with Crippen molar-refractivity contribution in [3.8, 4) is 17.2 Å². The molecule has 1 atom stereocenters. The van der Waals surface area contributed by atoms with Crippen LogP contribution in [0.15, 0.2) is 42.5 Å². The van der Waals surface area contributed by atoms with E-state index in [0.29, 0.717) is 30.9 Å². The third-order valence-corrected chi connectivity index (χ3v) is 4.97. The maximum absolute atomic E-state index is 12.5. The molecule has 1 saturated heterocycles. The Morgan fingerprint density at radius 3 is 2.41 bits per heavy atom. The number of carbonyl (C=O) groups excluding carboxylic acids is 2. The number of nitrogens with one attached hydrogen (secondary N) is 1. The van der Waals surface area contributed by atoms with E-state index in [1.54, 1.807) is 38.4 Å². The van der Waals surface area contributed by atoms with Crippen molar-refractivity contribution in [2.75, 3.05) is 32.8 Å². The van der Waals surface area contributed by atoms with Gasteiger partial charge in [0.25, 0.3) is 0 Å². The van der Waals surface area contributed by atoms with Gasteiger partial charge in [-0.25, -0.2) is 0 Å². The number of rotatable bonds is 8. The first-order valence-electron chi connectivity index (χ1n) is 9.48. The van der Waals surface area contributed by atoms with E-state index < -0.39 is 0 Å². The first-order chi connectivity index (χ1) is 14.0. The Balaban J connectivity index is 1.55. The molecule has 1 aliphatic rings. The van der Waals surface area contributed by atoms with Crippen molar-refractivity contribution in [2.24, 2.45) is 0 Å². The lowest BCUT2D eigenvalue weighted by molar-refractivity contribution is -0.121. The van der Waals surface area contributed by atoms with Crippen LogP contribution in [0.2, 0.25) is 0 Å². The topological polar surface area (TPSA) is 77.1 Å². The molecular weight excluding hydrogens is 372 g/mol. The van der Waals surface area contributed by atoms with E-state index >= 15 is 0 Å². The molecule has 1 heterocycles. The van der Waals surface area contributed by atoms with Crippen LogP contribution in [-0.4, -0.2) is 45.7 Å². The molecule has 0 spiro atoms. The third kappa shape index (κ3) is 4.99. The fourth-order valence-corrected chi connectivity index (χ4v) is 3.40. The maximum Gasteiger partial charge on any atom is 0.229 e. The van der Waals surface area contributed by atoms with Crippen molar-refractivity contribution in [1.82, 2.24) is 5.32 Å². The van der Waals surface area contributed by atoms with Crippen LogP contribution in [0.3, 0.4) is 0 Å². The first-order valence-corrected chi connectivity index (χ1v) is 9.48. The van der Waals surface area contributed by atoms with Crippen LogP contribution in [0.1, 0.15) is 18.4 Å². The van der Waals surface area contributed by atoms with Gasteiger partial charge in [-0.2, -0.15) is 0 Å². The molecule has 1 N–H and O–H groups in total. The van der Waals surface area contributed by atoms with E-state index in [2.05, 4.69) is 5.32 Å². The molecule has 1 aliphatic heterocycles. The van der Waals surface area contributed by atoms with Gasteiger partial charge in [0.2, 0.25) is 11.8 Å². The molecule has 154 valence electrons. The van der Waals surface area contributed by atoms with Gasteiger partial charge in [0.05, 0.1) is 27.4 Å². The summed E-state index contributed by atoms with van der Waals surface area (Å²) in [4.78, 5) is 26.4. The van der Waals surface area contributed by atoms with Crippen molar-refractivity contribution in [1.29, 1.82) is 0 Å². The highest BCUT2D eigenvalue weighted by molar-refractivity contribution is 5.97. The molecule has 2 aromatic rings. The first kappa shape index (κ1) is 20.5. The summed E-state index contributed by atoms with van der Waals surface area (Å²) in [6.07, 6.45) is 1.28. The lowest BCUT2D eigenvalue weighted by atomic mass is 10.1. The third-order valence-electron chi connectivity index (χ3n) is 4.97. The summed E-state index contributed by atoms with van der Waals surface area (Å²) < 4.78 is 15.7. The van der Waals surface area contributed by atoms with Crippen molar-refractivity contribution >= 4 is 17.5 Å². The minimum Gasteiger partial charge on any atom is -0.497 e. The molecule has 1 fully saturated rings. The number of ether oxygens (including phenoxy) is 3. The van der Waals surface area contributed by atoms with Crippen molar-refractivity contribution in [3.63, 3.8) is 0 Å². The molecule has 0 unspecified atom stereocenters. The summed E-state index contributed by atoms with van der Waals surface area (Å²) in [5.41, 5.74) is 1.79. The molecular formula is C22H26N2O5. The summed E-state index contributed by atoms with van der Waals surface area (Å²) >= 11 is 0. The Morgan fingerprint density at radius 2 is 1.76 bits per heavy atom. The number of nitrogens with zero attached hydrogens (tertiary/aromatic N) is 1. The molecule has 0 bridgehead atoms. The fraction of sp³-hybridized carbons (Fsp3) is 0.364. The Labute approximate surface area is 170 Å². The van der Waals surface area contributed by atoms with Crippen molar-refractivity contribution < 1.29 is 23.8 Å². The number of anilines is 1. The number of amides is 2. The number of carbonyl (C=O) groups is 2. The summed E-state index contributed by atoms with van der Waals surface area (Å²) in [5, 5.41) is 2.97. The SMILES string of the molecule is COc1ccc(CCC(=O)N[C@H]2CC(=O)N(c3ccc(OC)c(OC)c3)C2)cc1. The highest BCUT2D eigenvalue weighted by Gasteiger charge is 2.32. The highest BCUT2D eigenvalue weighted by atomic mass is 16.5. The lowest BCUT2D eigenvalue weighted by Gasteiger charge is -2.19. The standard InChI is InChI=1S/C22H26N2O5/c1-27-18-8-4-15(5-9-18)6-11-21(25)23-16-12-22(26)24(14-16)17-7-10-19(28-2)20(13-17)29-3/h4-5,7-10,13,16H,6,11-12,14H2,1-3H3,(H,23,25)/t16-/m0/s1. The van der Waals surface area contributed by atoms with E-state index in [1.165, 1.54) is 0 Å². The predicted molar refractivity (Wildman–Crippen MR) is 110 cm³/mol. The van der Waals surface area contributed by atoms with Crippen LogP contribution >= 0.6 is 0 Å². The van der Waals surface area contributed by atoms with Gasteiger partial charge < -0.3 is 24.4 Å². The average Bonchev–Trinajstić information content (AvgIpc) is 3.11. The second-order valence-electron chi connectivity index (χ2n) is 6.86. The number of hydrogen-bond donors (Lipinski definition) is 1. The van der Waals surface area contributed by atoms with E-state index in [-0.39, 0.29) is 24.3 Å². The molecule has 0 aromatic heterocycles. The molecule has 3 rings (SSSR count). The zero-order chi connectivity index (χ0) is 20.8. The smallest absolute Gasteiger partial charge is 0.229 e. The minimum atomic E-state index is -0.209. The average molecular weight is 398 g/mol. The van der Waals surface area contributed by atoms with Crippen molar-refractivity contribution in [3.05, 3.63) is 48.0 Å². The van der Waals surface area contributed by atoms with Crippen LogP contribution < -0.4 is 24.4 Å². The maximum atomic E-state index is 12.5. The fourth-order valence-electron chi connectivity index (χ4n) is 3.40. The zero-order valence-electron chi connectivity index (χ0n) is 16.9. The summed E-state index contributed by atoms with van der Waals surface area (Å²) in [6.45, 7) is 0.433.